The second kappa shape index (κ2) is 5.50. The molecule has 0 bridgehead atoms. The lowest BCUT2D eigenvalue weighted by Gasteiger charge is -2.06. The summed E-state index contributed by atoms with van der Waals surface area (Å²) < 4.78 is 7.17. The normalized spacial score (nSPS) is 10.4. The fourth-order valence-corrected chi connectivity index (χ4v) is 1.79. The molecule has 1 aromatic heterocycles. The molecule has 100 valence electrons. The number of aromatic nitrogens is 4. The van der Waals surface area contributed by atoms with E-state index in [1.807, 2.05) is 36.4 Å². The third-order valence-electron chi connectivity index (χ3n) is 2.73. The summed E-state index contributed by atoms with van der Waals surface area (Å²) in [6.45, 7) is -0.0408. The molecule has 6 nitrogen and oxygen atoms in total. The van der Waals surface area contributed by atoms with Crippen LogP contribution in [0.3, 0.4) is 0 Å². The Morgan fingerprint density at radius 3 is 2.70 bits per heavy atom. The number of para-hydroxylation sites is 1. The van der Waals surface area contributed by atoms with Gasteiger partial charge in [0.15, 0.2) is 0 Å². The van der Waals surface area contributed by atoms with Gasteiger partial charge in [-0.1, -0.05) is 35.4 Å². The SMILES string of the molecule is OCc1cccc(Oc2nnnn2-c2ccccc2)c1. The molecule has 2 aromatic carbocycles. The Labute approximate surface area is 115 Å². The van der Waals surface area contributed by atoms with Gasteiger partial charge in [0.05, 0.1) is 12.3 Å². The molecule has 0 aliphatic rings. The summed E-state index contributed by atoms with van der Waals surface area (Å²) in [6.07, 6.45) is 0. The maximum absolute atomic E-state index is 9.12. The highest BCUT2D eigenvalue weighted by molar-refractivity contribution is 5.34. The number of hydrogen-bond acceptors (Lipinski definition) is 5. The predicted molar refractivity (Wildman–Crippen MR) is 71.6 cm³/mol. The van der Waals surface area contributed by atoms with E-state index in [-0.39, 0.29) is 12.6 Å². The summed E-state index contributed by atoms with van der Waals surface area (Å²) >= 11 is 0. The number of aliphatic hydroxyl groups is 1. The third kappa shape index (κ3) is 2.50. The van der Waals surface area contributed by atoms with Crippen LogP contribution < -0.4 is 4.74 Å². The second-order valence-corrected chi connectivity index (χ2v) is 4.12. The number of aliphatic hydroxyl groups excluding tert-OH is 1. The van der Waals surface area contributed by atoms with Gasteiger partial charge in [-0.25, -0.2) is 0 Å². The lowest BCUT2D eigenvalue weighted by atomic mass is 10.2. The zero-order valence-corrected chi connectivity index (χ0v) is 10.5. The highest BCUT2D eigenvalue weighted by Crippen LogP contribution is 2.21. The third-order valence-corrected chi connectivity index (χ3v) is 2.73. The van der Waals surface area contributed by atoms with Gasteiger partial charge >= 0.3 is 6.01 Å². The van der Waals surface area contributed by atoms with Crippen LogP contribution in [0.4, 0.5) is 0 Å². The van der Waals surface area contributed by atoms with E-state index in [2.05, 4.69) is 15.5 Å². The first-order chi connectivity index (χ1) is 9.86. The van der Waals surface area contributed by atoms with Gasteiger partial charge in [-0.3, -0.25) is 0 Å². The van der Waals surface area contributed by atoms with Crippen LogP contribution in [0, 0.1) is 0 Å². The van der Waals surface area contributed by atoms with Gasteiger partial charge in [0.25, 0.3) is 0 Å². The van der Waals surface area contributed by atoms with Gasteiger partial charge in [-0.05, 0) is 40.3 Å². The molecule has 0 fully saturated rings. The minimum absolute atomic E-state index is 0.0408. The first-order valence-corrected chi connectivity index (χ1v) is 6.08. The molecule has 0 radical (unpaired) electrons. The van der Waals surface area contributed by atoms with Crippen molar-refractivity contribution in [1.82, 2.24) is 20.2 Å². The number of ether oxygens (including phenoxy) is 1. The summed E-state index contributed by atoms with van der Waals surface area (Å²) in [7, 11) is 0. The quantitative estimate of drug-likeness (QED) is 0.783. The monoisotopic (exact) mass is 268 g/mol. The van der Waals surface area contributed by atoms with E-state index in [4.69, 9.17) is 9.84 Å². The van der Waals surface area contributed by atoms with Crippen LogP contribution in [0.5, 0.6) is 11.8 Å². The van der Waals surface area contributed by atoms with Gasteiger partial charge in [0, 0.05) is 0 Å². The highest BCUT2D eigenvalue weighted by atomic mass is 16.5. The standard InChI is InChI=1S/C14H12N4O2/c19-10-11-5-4-8-13(9-11)20-14-15-16-17-18(14)12-6-2-1-3-7-12/h1-9,19H,10H2. The average molecular weight is 268 g/mol. The van der Waals surface area contributed by atoms with Crippen LogP contribution in [0.2, 0.25) is 0 Å². The molecule has 20 heavy (non-hydrogen) atoms. The largest absolute Gasteiger partial charge is 0.423 e. The Balaban J connectivity index is 1.90. The van der Waals surface area contributed by atoms with Gasteiger partial charge < -0.3 is 9.84 Å². The van der Waals surface area contributed by atoms with Gasteiger partial charge in [-0.2, -0.15) is 4.68 Å². The first kappa shape index (κ1) is 12.3. The van der Waals surface area contributed by atoms with E-state index in [1.165, 1.54) is 4.68 Å². The van der Waals surface area contributed by atoms with E-state index in [0.29, 0.717) is 5.75 Å². The van der Waals surface area contributed by atoms with E-state index >= 15 is 0 Å². The molecule has 0 atom stereocenters. The van der Waals surface area contributed by atoms with Crippen LogP contribution in [0.25, 0.3) is 5.69 Å². The Hall–Kier alpha value is -2.73. The maximum atomic E-state index is 9.12. The van der Waals surface area contributed by atoms with Crippen molar-refractivity contribution in [3.05, 3.63) is 60.2 Å². The average Bonchev–Trinajstić information content (AvgIpc) is 2.96. The zero-order valence-electron chi connectivity index (χ0n) is 10.5. The molecule has 1 N–H and O–H groups in total. The molecule has 3 rings (SSSR count). The molecule has 1 heterocycles. The summed E-state index contributed by atoms with van der Waals surface area (Å²) in [5.74, 6) is 0.573. The first-order valence-electron chi connectivity index (χ1n) is 6.08. The van der Waals surface area contributed by atoms with Crippen LogP contribution in [-0.4, -0.2) is 25.3 Å². The minimum Gasteiger partial charge on any atom is -0.423 e. The number of rotatable bonds is 4. The molecule has 0 aliphatic heterocycles. The summed E-state index contributed by atoms with van der Waals surface area (Å²) in [6, 6.07) is 16.9. The molecular formula is C14H12N4O2. The fourth-order valence-electron chi connectivity index (χ4n) is 1.79. The van der Waals surface area contributed by atoms with Gasteiger partial charge in [0.2, 0.25) is 0 Å². The molecule has 0 spiro atoms. The number of benzene rings is 2. The molecule has 6 heteroatoms. The van der Waals surface area contributed by atoms with Crippen molar-refractivity contribution < 1.29 is 9.84 Å². The van der Waals surface area contributed by atoms with E-state index in [1.54, 1.807) is 18.2 Å². The summed E-state index contributed by atoms with van der Waals surface area (Å²) in [5, 5.41) is 20.5. The molecule has 3 aromatic rings. The minimum atomic E-state index is -0.0408. The smallest absolute Gasteiger partial charge is 0.345 e. The van der Waals surface area contributed by atoms with Crippen molar-refractivity contribution in [3.8, 4) is 17.4 Å². The lowest BCUT2D eigenvalue weighted by Crippen LogP contribution is -2.00. The van der Waals surface area contributed by atoms with Gasteiger partial charge in [-0.15, -0.1) is 0 Å². The van der Waals surface area contributed by atoms with Gasteiger partial charge in [0.1, 0.15) is 5.75 Å². The van der Waals surface area contributed by atoms with E-state index in [9.17, 15) is 0 Å². The fraction of sp³-hybridized carbons (Fsp3) is 0.0714. The predicted octanol–water partition coefficient (Wildman–Crippen LogP) is 1.95. The van der Waals surface area contributed by atoms with Crippen LogP contribution in [0.15, 0.2) is 54.6 Å². The van der Waals surface area contributed by atoms with E-state index < -0.39 is 0 Å². The molecule has 0 aliphatic carbocycles. The molecule has 0 saturated heterocycles. The topological polar surface area (TPSA) is 73.1 Å². The van der Waals surface area contributed by atoms with Crippen molar-refractivity contribution in [2.75, 3.05) is 0 Å². The number of nitrogens with zero attached hydrogens (tertiary/aromatic N) is 4. The van der Waals surface area contributed by atoms with Crippen molar-refractivity contribution in [1.29, 1.82) is 0 Å². The molecular weight excluding hydrogens is 256 g/mol. The maximum Gasteiger partial charge on any atom is 0.345 e. The second-order valence-electron chi connectivity index (χ2n) is 4.12. The zero-order chi connectivity index (χ0) is 13.8. The molecule has 0 saturated carbocycles. The molecule has 0 unspecified atom stereocenters. The number of hydrogen-bond donors (Lipinski definition) is 1. The van der Waals surface area contributed by atoms with Crippen molar-refractivity contribution in [3.63, 3.8) is 0 Å². The van der Waals surface area contributed by atoms with Crippen LogP contribution in [-0.2, 0) is 6.61 Å². The molecule has 0 amide bonds. The van der Waals surface area contributed by atoms with Crippen molar-refractivity contribution >= 4 is 0 Å². The summed E-state index contributed by atoms with van der Waals surface area (Å²) in [4.78, 5) is 0. The van der Waals surface area contributed by atoms with E-state index in [0.717, 1.165) is 11.3 Å². The Morgan fingerprint density at radius 1 is 1.05 bits per heavy atom. The Bertz CT molecular complexity index is 697. The van der Waals surface area contributed by atoms with Crippen LogP contribution in [0.1, 0.15) is 5.56 Å². The summed E-state index contributed by atoms with van der Waals surface area (Å²) in [5.41, 5.74) is 1.58. The van der Waals surface area contributed by atoms with Crippen LogP contribution >= 0.6 is 0 Å². The Kier molecular flexibility index (Phi) is 3.38. The van der Waals surface area contributed by atoms with Crippen molar-refractivity contribution in [2.24, 2.45) is 0 Å². The highest BCUT2D eigenvalue weighted by Gasteiger charge is 2.10. The number of tetrazole rings is 1. The Morgan fingerprint density at radius 2 is 1.90 bits per heavy atom. The van der Waals surface area contributed by atoms with Crippen molar-refractivity contribution in [2.45, 2.75) is 6.61 Å². The lowest BCUT2D eigenvalue weighted by molar-refractivity contribution is 0.281.